The lowest BCUT2D eigenvalue weighted by Gasteiger charge is -2.34. The first-order chi connectivity index (χ1) is 19.0. The molecule has 1 aromatic rings. The number of amides is 1. The number of nitrogens with zero attached hydrogens (tertiary/aromatic N) is 2. The molecule has 1 amide bonds. The van der Waals surface area contributed by atoms with Crippen LogP contribution in [0, 0.1) is 0 Å². The van der Waals surface area contributed by atoms with E-state index >= 15 is 0 Å². The second kappa shape index (κ2) is 18.4. The number of benzene rings is 1. The van der Waals surface area contributed by atoms with Crippen molar-refractivity contribution in [3.8, 4) is 5.75 Å². The second-order valence-corrected chi connectivity index (χ2v) is 9.92. The fraction of sp³-hybridized carbons (Fsp3) is 0.594. The number of ether oxygens (including phenoxy) is 4. The lowest BCUT2D eigenvalue weighted by atomic mass is 9.95. The number of hydrogen-bond acceptors (Lipinski definition) is 6. The molecule has 1 aromatic carbocycles. The minimum atomic E-state index is -0.0530. The number of methoxy groups -OCH3 is 2. The summed E-state index contributed by atoms with van der Waals surface area (Å²) in [6.45, 7) is 11.2. The lowest BCUT2D eigenvalue weighted by Crippen LogP contribution is -2.46. The summed E-state index contributed by atoms with van der Waals surface area (Å²) in [5.41, 5.74) is 2.16. The first-order valence-corrected chi connectivity index (χ1v) is 14.5. The van der Waals surface area contributed by atoms with E-state index in [9.17, 15) is 4.79 Å². The van der Waals surface area contributed by atoms with Gasteiger partial charge in [0.2, 0.25) is 12.7 Å². The molecule has 39 heavy (non-hydrogen) atoms. The molecule has 0 bridgehead atoms. The Balaban J connectivity index is 2.42. The number of allylic oxidation sites excluding steroid dienone is 2. The van der Waals surface area contributed by atoms with Crippen molar-refractivity contribution in [3.05, 3.63) is 65.3 Å². The van der Waals surface area contributed by atoms with Gasteiger partial charge in [-0.2, -0.15) is 0 Å². The topological polar surface area (TPSA) is 60.5 Å². The van der Waals surface area contributed by atoms with Crippen LogP contribution >= 0.6 is 0 Å². The van der Waals surface area contributed by atoms with Crippen LogP contribution in [0.4, 0.5) is 0 Å². The molecule has 2 rings (SSSR count). The molecule has 0 radical (unpaired) electrons. The fourth-order valence-corrected chi connectivity index (χ4v) is 4.80. The Labute approximate surface area is 236 Å². The number of para-hydroxylation sites is 1. The molecule has 0 aliphatic carbocycles. The summed E-state index contributed by atoms with van der Waals surface area (Å²) in [7, 11) is 3.34. The summed E-state index contributed by atoms with van der Waals surface area (Å²) in [6.07, 6.45) is 12.6. The molecule has 0 aromatic heterocycles. The maximum Gasteiger partial charge on any atom is 0.236 e. The maximum atomic E-state index is 13.7. The smallest absolute Gasteiger partial charge is 0.236 e. The van der Waals surface area contributed by atoms with Gasteiger partial charge >= 0.3 is 0 Å². The number of unbranched alkanes of at least 4 members (excludes halogenated alkanes) is 3. The molecular weight excluding hydrogens is 492 g/mol. The van der Waals surface area contributed by atoms with Crippen LogP contribution in [-0.2, 0) is 25.4 Å². The Morgan fingerprint density at radius 3 is 2.44 bits per heavy atom. The van der Waals surface area contributed by atoms with E-state index in [0.717, 1.165) is 87.2 Å². The summed E-state index contributed by atoms with van der Waals surface area (Å²) in [5, 5.41) is 0. The summed E-state index contributed by atoms with van der Waals surface area (Å²) in [4.78, 5) is 18.0. The first kappa shape index (κ1) is 32.3. The molecule has 0 N–H and O–H groups in total. The quantitative estimate of drug-likeness (QED) is 0.211. The Morgan fingerprint density at radius 1 is 1.00 bits per heavy atom. The highest BCUT2D eigenvalue weighted by molar-refractivity contribution is 5.78. The molecule has 7 heteroatoms. The van der Waals surface area contributed by atoms with Gasteiger partial charge in [0, 0.05) is 19.1 Å². The van der Waals surface area contributed by atoms with Crippen molar-refractivity contribution in [2.75, 3.05) is 47.2 Å². The minimum Gasteiger partial charge on any atom is -0.496 e. The fourth-order valence-electron chi connectivity index (χ4n) is 4.80. The number of rotatable bonds is 17. The highest BCUT2D eigenvalue weighted by Crippen LogP contribution is 2.26. The van der Waals surface area contributed by atoms with E-state index in [2.05, 4.69) is 36.6 Å². The molecule has 1 aliphatic heterocycles. The molecule has 1 heterocycles. The molecule has 0 saturated carbocycles. The molecule has 0 saturated heterocycles. The van der Waals surface area contributed by atoms with E-state index in [1.54, 1.807) is 20.5 Å². The van der Waals surface area contributed by atoms with Crippen LogP contribution in [0.1, 0.15) is 71.8 Å². The second-order valence-electron chi connectivity index (χ2n) is 9.92. The van der Waals surface area contributed by atoms with Crippen molar-refractivity contribution in [3.63, 3.8) is 0 Å². The Hall–Kier alpha value is -2.93. The van der Waals surface area contributed by atoms with Gasteiger partial charge in [0.15, 0.2) is 5.76 Å². The standard InChI is InChI=1S/C32H50N2O5/c1-7-10-14-20-34(19-11-8-2)32(35)23-33(9-3)30(18-17-27-15-12-13-16-31(27)37-6)28-21-26(4)39-25-38-24-29(22-28)36-5/h12-13,15-16,21-22,24,30H,7-11,14,17-20,23,25H2,1-6H3/b26-21+,28-22+,29-24-/t30-/m0/s1. The van der Waals surface area contributed by atoms with Crippen LogP contribution in [0.3, 0.4) is 0 Å². The van der Waals surface area contributed by atoms with Crippen molar-refractivity contribution < 1.29 is 23.7 Å². The van der Waals surface area contributed by atoms with Gasteiger partial charge in [-0.3, -0.25) is 9.69 Å². The van der Waals surface area contributed by atoms with E-state index in [0.29, 0.717) is 12.3 Å². The van der Waals surface area contributed by atoms with E-state index in [-0.39, 0.29) is 18.7 Å². The molecule has 7 nitrogen and oxygen atoms in total. The van der Waals surface area contributed by atoms with E-state index < -0.39 is 0 Å². The zero-order valence-corrected chi connectivity index (χ0v) is 25.0. The number of hydrogen-bond donors (Lipinski definition) is 0. The molecule has 0 fully saturated rings. The summed E-state index contributed by atoms with van der Waals surface area (Å²) in [5.74, 6) is 2.42. The zero-order chi connectivity index (χ0) is 28.5. The van der Waals surface area contributed by atoms with E-state index in [1.165, 1.54) is 0 Å². The average molecular weight is 543 g/mol. The molecule has 0 unspecified atom stereocenters. The van der Waals surface area contributed by atoms with Gasteiger partial charge in [-0.25, -0.2) is 0 Å². The zero-order valence-electron chi connectivity index (χ0n) is 25.0. The van der Waals surface area contributed by atoms with Gasteiger partial charge < -0.3 is 23.8 Å². The van der Waals surface area contributed by atoms with Crippen LogP contribution in [0.2, 0.25) is 0 Å². The average Bonchev–Trinajstić information content (AvgIpc) is 3.04. The van der Waals surface area contributed by atoms with Gasteiger partial charge in [0.05, 0.1) is 26.5 Å². The number of carbonyl (C=O) groups excluding carboxylic acids is 1. The summed E-state index contributed by atoms with van der Waals surface area (Å²) < 4.78 is 22.5. The molecule has 0 spiro atoms. The van der Waals surface area contributed by atoms with Gasteiger partial charge in [0.1, 0.15) is 12.0 Å². The summed E-state index contributed by atoms with van der Waals surface area (Å²) in [6, 6.07) is 8.07. The van der Waals surface area contributed by atoms with Crippen molar-refractivity contribution in [2.24, 2.45) is 0 Å². The van der Waals surface area contributed by atoms with E-state index in [1.807, 2.05) is 37.3 Å². The largest absolute Gasteiger partial charge is 0.496 e. The molecule has 218 valence electrons. The SMILES string of the molecule is CCCCCN(CCCC)C(=O)CN(CC)[C@@H](CCc1ccccc1OC)C1=C/C(OC)=C/OCO\C(C)=C\1. The first-order valence-electron chi connectivity index (χ1n) is 14.5. The number of likely N-dealkylation sites (N-methyl/N-ethyl adjacent to an activating group) is 1. The Morgan fingerprint density at radius 2 is 1.74 bits per heavy atom. The van der Waals surface area contributed by atoms with Gasteiger partial charge in [-0.1, -0.05) is 58.2 Å². The normalized spacial score (nSPS) is 18.5. The molecule has 1 atom stereocenters. The Kier molecular flexibility index (Phi) is 15.2. The van der Waals surface area contributed by atoms with Gasteiger partial charge in [-0.05, 0) is 68.5 Å². The number of aryl methyl sites for hydroxylation is 1. The van der Waals surface area contributed by atoms with E-state index in [4.69, 9.17) is 18.9 Å². The molecule has 1 aliphatic rings. The van der Waals surface area contributed by atoms with Crippen molar-refractivity contribution in [1.29, 1.82) is 0 Å². The lowest BCUT2D eigenvalue weighted by molar-refractivity contribution is -0.133. The third-order valence-corrected chi connectivity index (χ3v) is 7.08. The van der Waals surface area contributed by atoms with Crippen molar-refractivity contribution >= 4 is 5.91 Å². The van der Waals surface area contributed by atoms with Crippen LogP contribution in [0.5, 0.6) is 5.75 Å². The minimum absolute atomic E-state index is 0.0530. The number of carbonyl (C=O) groups is 1. The Bertz CT molecular complexity index is 956. The van der Waals surface area contributed by atoms with Crippen molar-refractivity contribution in [1.82, 2.24) is 9.80 Å². The van der Waals surface area contributed by atoms with Crippen LogP contribution in [0.25, 0.3) is 0 Å². The van der Waals surface area contributed by atoms with Gasteiger partial charge in [0.25, 0.3) is 0 Å². The third-order valence-electron chi connectivity index (χ3n) is 7.08. The third kappa shape index (κ3) is 11.0. The van der Waals surface area contributed by atoms with Crippen LogP contribution in [-0.4, -0.2) is 68.9 Å². The maximum absolute atomic E-state index is 13.7. The predicted octanol–water partition coefficient (Wildman–Crippen LogP) is 6.46. The van der Waals surface area contributed by atoms with Crippen LogP contribution in [0.15, 0.2) is 59.8 Å². The van der Waals surface area contributed by atoms with Gasteiger partial charge in [-0.15, -0.1) is 0 Å². The molecular formula is C32H50N2O5. The summed E-state index contributed by atoms with van der Waals surface area (Å²) >= 11 is 0. The monoisotopic (exact) mass is 542 g/mol. The predicted molar refractivity (Wildman–Crippen MR) is 157 cm³/mol. The highest BCUT2D eigenvalue weighted by atomic mass is 16.7. The van der Waals surface area contributed by atoms with Crippen molar-refractivity contribution in [2.45, 2.75) is 78.7 Å². The van der Waals surface area contributed by atoms with Crippen LogP contribution < -0.4 is 4.74 Å². The highest BCUT2D eigenvalue weighted by Gasteiger charge is 2.26.